The molecule has 18 heteroatoms. The Hall–Kier alpha value is -6.27. The van der Waals surface area contributed by atoms with Crippen LogP contribution in [0.1, 0.15) is 46.4 Å². The van der Waals surface area contributed by atoms with Crippen LogP contribution in [0.3, 0.4) is 0 Å². The molecule has 4 heterocycles. The van der Waals surface area contributed by atoms with Gasteiger partial charge in [0.1, 0.15) is 17.4 Å². The van der Waals surface area contributed by atoms with E-state index in [1.54, 1.807) is 33.3 Å². The highest BCUT2D eigenvalue weighted by molar-refractivity contribution is 7.15. The number of aromatic nitrogens is 4. The van der Waals surface area contributed by atoms with Crippen LogP contribution in [0.25, 0.3) is 9.92 Å². The number of aliphatic carboxylic acids is 1. The summed E-state index contributed by atoms with van der Waals surface area (Å²) in [5.74, 6) is -3.60. The molecular formula is C34H32N8O8S2. The van der Waals surface area contributed by atoms with Gasteiger partial charge in [0, 0.05) is 40.7 Å². The maximum Gasteiger partial charge on any atom is 0.316 e. The summed E-state index contributed by atoms with van der Waals surface area (Å²) >= 11 is 2.84. The topological polar surface area (TPSA) is 207 Å². The lowest BCUT2D eigenvalue weighted by Crippen LogP contribution is -2.30. The number of carbonyl (C=O) groups excluding carboxylic acids is 4. The lowest BCUT2D eigenvalue weighted by Gasteiger charge is -2.16. The number of methoxy groups -OCH3 is 2. The number of imidazole rings is 2. The van der Waals surface area contributed by atoms with Crippen molar-refractivity contribution in [2.24, 2.45) is 5.92 Å². The van der Waals surface area contributed by atoms with Crippen molar-refractivity contribution >= 4 is 85.2 Å². The van der Waals surface area contributed by atoms with Crippen LogP contribution in [-0.2, 0) is 14.4 Å². The Bertz CT molecular complexity index is 2230. The Morgan fingerprint density at radius 3 is 1.75 bits per heavy atom. The number of nitrogens with zero attached hydrogens (tertiary/aromatic N) is 4. The minimum Gasteiger partial charge on any atom is -0.495 e. The summed E-state index contributed by atoms with van der Waals surface area (Å²) in [5.41, 5.74) is 0.851. The smallest absolute Gasteiger partial charge is 0.316 e. The summed E-state index contributed by atoms with van der Waals surface area (Å²) in [5, 5.41) is 24.4. The van der Waals surface area contributed by atoms with Crippen LogP contribution in [-0.4, -0.2) is 67.7 Å². The quantitative estimate of drug-likeness (QED) is 0.0662. The molecule has 0 aliphatic heterocycles. The van der Waals surface area contributed by atoms with Crippen molar-refractivity contribution in [3.8, 4) is 11.5 Å². The molecule has 0 aliphatic carbocycles. The van der Waals surface area contributed by atoms with Gasteiger partial charge >= 0.3 is 5.97 Å². The van der Waals surface area contributed by atoms with E-state index in [0.717, 1.165) is 4.96 Å². The highest BCUT2D eigenvalue weighted by atomic mass is 32.1. The normalized spacial score (nSPS) is 11.6. The summed E-state index contributed by atoms with van der Waals surface area (Å²) in [6.07, 6.45) is 7.46. The molecule has 4 aromatic heterocycles. The van der Waals surface area contributed by atoms with E-state index in [4.69, 9.17) is 9.47 Å². The van der Waals surface area contributed by atoms with Crippen molar-refractivity contribution in [1.82, 2.24) is 18.8 Å². The molecule has 0 unspecified atom stereocenters. The number of rotatable bonds is 15. The van der Waals surface area contributed by atoms with Crippen LogP contribution in [0.4, 0.5) is 23.0 Å². The number of amides is 4. The molecule has 0 saturated carbocycles. The van der Waals surface area contributed by atoms with Crippen molar-refractivity contribution in [1.29, 1.82) is 0 Å². The third kappa shape index (κ3) is 8.19. The SMILES string of the molecule is COc1ccc(C(=O)Nc2cn3ccsc3n2)cc1NC(=O)CCCC[C@H](C(=O)O)C(=O)Nc1cc(C(=O)Nc2cn3ccsc3n2)ccc1OC. The number of carboxylic acid groups (broad SMARTS) is 1. The van der Waals surface area contributed by atoms with Crippen LogP contribution in [0, 0.1) is 5.92 Å². The van der Waals surface area contributed by atoms with E-state index < -0.39 is 35.5 Å². The van der Waals surface area contributed by atoms with Gasteiger partial charge in [0.25, 0.3) is 11.8 Å². The van der Waals surface area contributed by atoms with E-state index in [2.05, 4.69) is 31.2 Å². The van der Waals surface area contributed by atoms with Crippen LogP contribution in [0.2, 0.25) is 0 Å². The molecule has 6 rings (SSSR count). The predicted octanol–water partition coefficient (Wildman–Crippen LogP) is 5.47. The lowest BCUT2D eigenvalue weighted by molar-refractivity contribution is -0.145. The third-order valence-corrected chi connectivity index (χ3v) is 9.43. The van der Waals surface area contributed by atoms with Crippen LogP contribution in [0.15, 0.2) is 71.9 Å². The molecule has 0 spiro atoms. The van der Waals surface area contributed by atoms with Gasteiger partial charge in [-0.05, 0) is 49.2 Å². The molecule has 1 atom stereocenters. The van der Waals surface area contributed by atoms with Crippen molar-refractivity contribution in [3.63, 3.8) is 0 Å². The number of anilines is 4. The molecular weight excluding hydrogens is 713 g/mol. The molecule has 2 aromatic carbocycles. The first kappa shape index (κ1) is 35.6. The predicted molar refractivity (Wildman–Crippen MR) is 195 cm³/mol. The number of carbonyl (C=O) groups is 5. The highest BCUT2D eigenvalue weighted by Gasteiger charge is 2.27. The van der Waals surface area contributed by atoms with E-state index in [1.165, 1.54) is 61.2 Å². The summed E-state index contributed by atoms with van der Waals surface area (Å²) < 4.78 is 14.2. The molecule has 268 valence electrons. The number of hydrogen-bond donors (Lipinski definition) is 5. The number of ether oxygens (including phenoxy) is 2. The Labute approximate surface area is 303 Å². The summed E-state index contributed by atoms with van der Waals surface area (Å²) in [6.45, 7) is 0. The summed E-state index contributed by atoms with van der Waals surface area (Å²) in [7, 11) is 2.82. The first-order valence-corrected chi connectivity index (χ1v) is 17.5. The molecule has 0 bridgehead atoms. The van der Waals surface area contributed by atoms with Gasteiger partial charge in [-0.2, -0.15) is 0 Å². The maximum absolute atomic E-state index is 13.1. The zero-order valence-corrected chi connectivity index (χ0v) is 29.4. The molecule has 0 saturated heterocycles. The first-order chi connectivity index (χ1) is 25.1. The van der Waals surface area contributed by atoms with Crippen molar-refractivity contribution in [2.45, 2.75) is 25.7 Å². The van der Waals surface area contributed by atoms with E-state index in [0.29, 0.717) is 22.3 Å². The number of nitrogens with one attached hydrogen (secondary N) is 4. The minimum absolute atomic E-state index is 0.0125. The summed E-state index contributed by atoms with van der Waals surface area (Å²) in [4.78, 5) is 74.0. The number of carboxylic acids is 1. The molecule has 5 N–H and O–H groups in total. The van der Waals surface area contributed by atoms with E-state index >= 15 is 0 Å². The van der Waals surface area contributed by atoms with Crippen LogP contribution in [0.5, 0.6) is 11.5 Å². The van der Waals surface area contributed by atoms with Crippen molar-refractivity contribution < 1.29 is 38.6 Å². The number of thiazole rings is 2. The van der Waals surface area contributed by atoms with Gasteiger partial charge in [0.15, 0.2) is 21.6 Å². The Morgan fingerprint density at radius 2 is 1.27 bits per heavy atom. The molecule has 6 aromatic rings. The maximum atomic E-state index is 13.1. The Kier molecular flexibility index (Phi) is 10.8. The van der Waals surface area contributed by atoms with Gasteiger partial charge in [-0.25, -0.2) is 9.97 Å². The van der Waals surface area contributed by atoms with Gasteiger partial charge in [0.05, 0.1) is 38.0 Å². The second kappa shape index (κ2) is 15.7. The van der Waals surface area contributed by atoms with Gasteiger partial charge in [-0.1, -0.05) is 6.42 Å². The molecule has 52 heavy (non-hydrogen) atoms. The van der Waals surface area contributed by atoms with E-state index in [1.807, 2.05) is 23.2 Å². The Balaban J connectivity index is 1.02. The third-order valence-electron chi connectivity index (χ3n) is 7.89. The average Bonchev–Trinajstić information content (AvgIpc) is 3.91. The standard InChI is InChI=1S/C34H32N8O8S2/c1-49-24-9-7-19(29(44)37-26-17-41-11-13-51-33(41)39-26)15-22(24)35-28(43)6-4-3-5-21(32(47)48)31(46)36-23-16-20(8-10-25(23)50-2)30(45)38-27-18-42-12-14-52-34(42)40-27/h7-18,21H,3-6H2,1-2H3,(H,35,43)(H,36,46)(H,37,44)(H,38,45)(H,47,48)/t21-/m0/s1. The number of unbranched alkanes of at least 4 members (excludes halogenated alkanes) is 1. The lowest BCUT2D eigenvalue weighted by atomic mass is 10.00. The average molecular weight is 745 g/mol. The van der Waals surface area contributed by atoms with E-state index in [9.17, 15) is 29.1 Å². The number of benzene rings is 2. The van der Waals surface area contributed by atoms with Crippen LogP contribution >= 0.6 is 22.7 Å². The Morgan fingerprint density at radius 1 is 0.750 bits per heavy atom. The van der Waals surface area contributed by atoms with Gasteiger partial charge in [0.2, 0.25) is 11.8 Å². The zero-order valence-electron chi connectivity index (χ0n) is 27.7. The molecule has 0 fully saturated rings. The van der Waals surface area contributed by atoms with Gasteiger partial charge < -0.3 is 35.8 Å². The largest absolute Gasteiger partial charge is 0.495 e. The molecule has 0 aliphatic rings. The fourth-order valence-corrected chi connectivity index (χ4v) is 6.68. The van der Waals surface area contributed by atoms with E-state index in [-0.39, 0.29) is 53.9 Å². The second-order valence-corrected chi connectivity index (χ2v) is 13.1. The first-order valence-electron chi connectivity index (χ1n) is 15.8. The second-order valence-electron chi connectivity index (χ2n) is 11.4. The van der Waals surface area contributed by atoms with Gasteiger partial charge in [-0.3, -0.25) is 32.8 Å². The monoisotopic (exact) mass is 744 g/mol. The number of hydrogen-bond acceptors (Lipinski definition) is 11. The number of fused-ring (bicyclic) bond motifs is 2. The molecule has 4 amide bonds. The fraction of sp³-hybridized carbons (Fsp3) is 0.206. The van der Waals surface area contributed by atoms with Gasteiger partial charge in [-0.15, -0.1) is 22.7 Å². The fourth-order valence-electron chi connectivity index (χ4n) is 5.28. The zero-order chi connectivity index (χ0) is 36.8. The van der Waals surface area contributed by atoms with Crippen LogP contribution < -0.4 is 30.7 Å². The summed E-state index contributed by atoms with van der Waals surface area (Å²) in [6, 6.07) is 8.99. The molecule has 0 radical (unpaired) electrons. The molecule has 16 nitrogen and oxygen atoms in total. The van der Waals surface area contributed by atoms with Crippen molar-refractivity contribution in [2.75, 3.05) is 35.5 Å². The van der Waals surface area contributed by atoms with Crippen molar-refractivity contribution in [3.05, 3.63) is 83.1 Å². The highest BCUT2D eigenvalue weighted by Crippen LogP contribution is 2.29. The minimum atomic E-state index is -1.44.